The molecule has 8 nitrogen and oxygen atoms in total. The van der Waals surface area contributed by atoms with Crippen molar-refractivity contribution in [3.05, 3.63) is 60.4 Å². The molecule has 0 amide bonds. The Morgan fingerprint density at radius 1 is 0.966 bits per heavy atom. The zero-order valence-corrected chi connectivity index (χ0v) is 16.6. The number of carbonyl (C=O) groups excluding carboxylic acids is 1. The van der Waals surface area contributed by atoms with Gasteiger partial charge in [-0.15, -0.1) is 5.10 Å². The molecule has 0 N–H and O–H groups in total. The molecule has 0 bridgehead atoms. The molecule has 4 rings (SSSR count). The van der Waals surface area contributed by atoms with E-state index in [4.69, 9.17) is 9.47 Å². The van der Waals surface area contributed by atoms with Crippen molar-refractivity contribution in [2.24, 2.45) is 0 Å². The Morgan fingerprint density at radius 3 is 2.28 bits per heavy atom. The fourth-order valence-electron chi connectivity index (χ4n) is 2.73. The van der Waals surface area contributed by atoms with Crippen LogP contribution in [0.25, 0.3) is 16.9 Å². The molecule has 0 unspecified atom stereocenters. The van der Waals surface area contributed by atoms with E-state index in [2.05, 4.69) is 20.3 Å². The largest absolute Gasteiger partial charge is 0.497 e. The third-order valence-corrected chi connectivity index (χ3v) is 5.25. The molecule has 2 heterocycles. The molecule has 0 saturated heterocycles. The van der Waals surface area contributed by atoms with E-state index < -0.39 is 0 Å². The van der Waals surface area contributed by atoms with Gasteiger partial charge in [-0.25, -0.2) is 9.97 Å². The van der Waals surface area contributed by atoms with Crippen LogP contribution in [0.15, 0.2) is 59.9 Å². The smallest absolute Gasteiger partial charge is 0.187 e. The number of ketones is 1. The Kier molecular flexibility index (Phi) is 5.39. The van der Waals surface area contributed by atoms with E-state index >= 15 is 0 Å². The van der Waals surface area contributed by atoms with Crippen molar-refractivity contribution in [1.82, 2.24) is 25.0 Å². The summed E-state index contributed by atoms with van der Waals surface area (Å²) in [6, 6.07) is 14.4. The molecule has 2 aromatic heterocycles. The minimum atomic E-state index is -0.00744. The number of carbonyl (C=O) groups is 1. The average molecular weight is 407 g/mol. The van der Waals surface area contributed by atoms with Gasteiger partial charge in [-0.1, -0.05) is 17.0 Å². The molecule has 2 aromatic carbocycles. The summed E-state index contributed by atoms with van der Waals surface area (Å²) in [4.78, 5) is 21.1. The lowest BCUT2D eigenvalue weighted by Gasteiger charge is -2.04. The van der Waals surface area contributed by atoms with Crippen LogP contribution in [0.5, 0.6) is 11.5 Å². The quantitative estimate of drug-likeness (QED) is 0.262. The Morgan fingerprint density at radius 2 is 1.62 bits per heavy atom. The monoisotopic (exact) mass is 407 g/mol. The van der Waals surface area contributed by atoms with Gasteiger partial charge in [-0.05, 0) is 48.5 Å². The highest BCUT2D eigenvalue weighted by molar-refractivity contribution is 8.00. The first-order chi connectivity index (χ1) is 14.2. The molecule has 29 heavy (non-hydrogen) atoms. The standard InChI is InChI=1S/C20H17N5O3S/c1-27-15-7-3-13(4-8-15)17(26)11-29-20-18-19(21-12-22-20)25(24-23-18)14-5-9-16(28-2)10-6-14/h3-10,12H,11H2,1-2H3. The van der Waals surface area contributed by atoms with Crippen molar-refractivity contribution in [2.75, 3.05) is 20.0 Å². The number of fused-ring (bicyclic) bond motifs is 1. The second-order valence-corrected chi connectivity index (χ2v) is 6.95. The summed E-state index contributed by atoms with van der Waals surface area (Å²) < 4.78 is 11.9. The Hall–Kier alpha value is -3.46. The predicted molar refractivity (Wildman–Crippen MR) is 109 cm³/mol. The minimum Gasteiger partial charge on any atom is -0.497 e. The van der Waals surface area contributed by atoms with Crippen molar-refractivity contribution < 1.29 is 14.3 Å². The third-order valence-electron chi connectivity index (χ3n) is 4.27. The first-order valence-corrected chi connectivity index (χ1v) is 9.69. The van der Waals surface area contributed by atoms with Gasteiger partial charge in [-0.3, -0.25) is 4.79 Å². The summed E-state index contributed by atoms with van der Waals surface area (Å²) in [5.41, 5.74) is 2.54. The maximum absolute atomic E-state index is 12.5. The first-order valence-electron chi connectivity index (χ1n) is 8.70. The first kappa shape index (κ1) is 18.9. The van der Waals surface area contributed by atoms with E-state index in [0.717, 1.165) is 11.4 Å². The zero-order valence-electron chi connectivity index (χ0n) is 15.8. The number of thioether (sulfide) groups is 1. The van der Waals surface area contributed by atoms with Gasteiger partial charge in [0.1, 0.15) is 22.9 Å². The molecule has 0 fully saturated rings. The van der Waals surface area contributed by atoms with E-state index in [1.807, 2.05) is 24.3 Å². The van der Waals surface area contributed by atoms with E-state index in [-0.39, 0.29) is 11.5 Å². The molecule has 0 atom stereocenters. The number of rotatable bonds is 7. The lowest BCUT2D eigenvalue weighted by Crippen LogP contribution is -2.03. The van der Waals surface area contributed by atoms with Crippen LogP contribution < -0.4 is 9.47 Å². The second kappa shape index (κ2) is 8.27. The van der Waals surface area contributed by atoms with Crippen molar-refractivity contribution in [3.63, 3.8) is 0 Å². The lowest BCUT2D eigenvalue weighted by molar-refractivity contribution is 0.102. The molecule has 4 aromatic rings. The molecule has 9 heteroatoms. The molecular formula is C20H17N5O3S. The molecule has 0 spiro atoms. The van der Waals surface area contributed by atoms with Crippen LogP contribution in [0.1, 0.15) is 10.4 Å². The van der Waals surface area contributed by atoms with Gasteiger partial charge in [0.25, 0.3) is 0 Å². The molecule has 0 radical (unpaired) electrons. The highest BCUT2D eigenvalue weighted by atomic mass is 32.2. The van der Waals surface area contributed by atoms with Gasteiger partial charge in [-0.2, -0.15) is 4.68 Å². The number of hydrogen-bond donors (Lipinski definition) is 0. The topological polar surface area (TPSA) is 92.0 Å². The molecule has 146 valence electrons. The van der Waals surface area contributed by atoms with E-state index in [1.165, 1.54) is 18.1 Å². The summed E-state index contributed by atoms with van der Waals surface area (Å²) in [7, 11) is 3.20. The zero-order chi connectivity index (χ0) is 20.2. The number of ether oxygens (including phenoxy) is 2. The van der Waals surface area contributed by atoms with Crippen LogP contribution in [0.3, 0.4) is 0 Å². The van der Waals surface area contributed by atoms with Gasteiger partial charge in [0, 0.05) is 5.56 Å². The summed E-state index contributed by atoms with van der Waals surface area (Å²) in [6.45, 7) is 0. The van der Waals surface area contributed by atoms with Gasteiger partial charge in [0.2, 0.25) is 0 Å². The molecule has 0 aliphatic rings. The highest BCUT2D eigenvalue weighted by Crippen LogP contribution is 2.25. The summed E-state index contributed by atoms with van der Waals surface area (Å²) in [5, 5.41) is 9.02. The SMILES string of the molecule is COc1ccc(C(=O)CSc2ncnc3c2nnn3-c2ccc(OC)cc2)cc1. The van der Waals surface area contributed by atoms with Gasteiger partial charge in [0.05, 0.1) is 25.7 Å². The molecule has 0 saturated carbocycles. The van der Waals surface area contributed by atoms with E-state index in [0.29, 0.717) is 27.5 Å². The van der Waals surface area contributed by atoms with Crippen LogP contribution in [0, 0.1) is 0 Å². The Balaban J connectivity index is 1.55. The average Bonchev–Trinajstić information content (AvgIpc) is 3.22. The fraction of sp³-hybridized carbons (Fsp3) is 0.150. The highest BCUT2D eigenvalue weighted by Gasteiger charge is 2.15. The van der Waals surface area contributed by atoms with Crippen LogP contribution >= 0.6 is 11.8 Å². The molecular weight excluding hydrogens is 390 g/mol. The number of methoxy groups -OCH3 is 2. The van der Waals surface area contributed by atoms with Crippen LogP contribution in [-0.4, -0.2) is 50.7 Å². The lowest BCUT2D eigenvalue weighted by atomic mass is 10.1. The van der Waals surface area contributed by atoms with Gasteiger partial charge in [0.15, 0.2) is 16.9 Å². The van der Waals surface area contributed by atoms with Crippen molar-refractivity contribution in [2.45, 2.75) is 5.03 Å². The maximum Gasteiger partial charge on any atom is 0.187 e. The number of aromatic nitrogens is 5. The summed E-state index contributed by atoms with van der Waals surface area (Å²) >= 11 is 1.31. The third kappa shape index (κ3) is 3.90. The number of Topliss-reactive ketones (excluding diaryl/α,β-unsaturated/α-hetero) is 1. The number of benzene rings is 2. The van der Waals surface area contributed by atoms with Crippen LogP contribution in [-0.2, 0) is 0 Å². The minimum absolute atomic E-state index is 0.00744. The maximum atomic E-state index is 12.5. The second-order valence-electron chi connectivity index (χ2n) is 5.99. The van der Waals surface area contributed by atoms with Gasteiger partial charge >= 0.3 is 0 Å². The fourth-order valence-corrected chi connectivity index (χ4v) is 3.55. The van der Waals surface area contributed by atoms with Gasteiger partial charge < -0.3 is 9.47 Å². The Labute approximate surface area is 170 Å². The van der Waals surface area contributed by atoms with E-state index in [9.17, 15) is 4.79 Å². The summed E-state index contributed by atoms with van der Waals surface area (Å²) in [6.07, 6.45) is 1.45. The van der Waals surface area contributed by atoms with Crippen LogP contribution in [0.2, 0.25) is 0 Å². The molecule has 0 aliphatic carbocycles. The predicted octanol–water partition coefficient (Wildman–Crippen LogP) is 3.20. The Bertz CT molecular complexity index is 1140. The van der Waals surface area contributed by atoms with Crippen molar-refractivity contribution >= 4 is 28.7 Å². The number of hydrogen-bond acceptors (Lipinski definition) is 8. The van der Waals surface area contributed by atoms with E-state index in [1.54, 1.807) is 43.2 Å². The summed E-state index contributed by atoms with van der Waals surface area (Å²) in [5.74, 6) is 1.68. The normalized spacial score (nSPS) is 10.8. The van der Waals surface area contributed by atoms with Crippen LogP contribution in [0.4, 0.5) is 0 Å². The van der Waals surface area contributed by atoms with Crippen molar-refractivity contribution in [1.29, 1.82) is 0 Å². The number of nitrogens with zero attached hydrogens (tertiary/aromatic N) is 5. The van der Waals surface area contributed by atoms with Crippen molar-refractivity contribution in [3.8, 4) is 17.2 Å². The molecule has 0 aliphatic heterocycles.